The normalized spacial score (nSPS) is 11.7. The number of nitrogens with zero attached hydrogens (tertiary/aromatic N) is 1. The topological polar surface area (TPSA) is 49.8 Å². The zero-order valence-corrected chi connectivity index (χ0v) is 8.70. The number of rotatable bonds is 0. The summed E-state index contributed by atoms with van der Waals surface area (Å²) in [5.41, 5.74) is 12.0. The van der Waals surface area contributed by atoms with Crippen LogP contribution in [0.1, 0.15) is 16.7 Å². The first-order chi connectivity index (χ1) is 7.81. The van der Waals surface area contributed by atoms with E-state index in [1.165, 1.54) is 16.7 Å². The highest BCUT2D eigenvalue weighted by Crippen LogP contribution is 2.40. The van der Waals surface area contributed by atoms with Crippen molar-refractivity contribution in [1.82, 2.24) is 0 Å². The van der Waals surface area contributed by atoms with E-state index in [0.717, 1.165) is 12.0 Å². The van der Waals surface area contributed by atoms with Crippen LogP contribution in [0.5, 0.6) is 0 Å². The van der Waals surface area contributed by atoms with Gasteiger partial charge in [0, 0.05) is 6.42 Å². The van der Waals surface area contributed by atoms with Gasteiger partial charge in [-0.3, -0.25) is 0 Å². The average molecular weight is 206 g/mol. The lowest BCUT2D eigenvalue weighted by Gasteiger charge is -2.05. The van der Waals surface area contributed by atoms with Gasteiger partial charge in [-0.15, -0.1) is 0 Å². The van der Waals surface area contributed by atoms with Gasteiger partial charge in [0.2, 0.25) is 0 Å². The van der Waals surface area contributed by atoms with Gasteiger partial charge >= 0.3 is 0 Å². The van der Waals surface area contributed by atoms with E-state index in [-0.39, 0.29) is 0 Å². The largest absolute Gasteiger partial charge is 0.397 e. The molecule has 1 aliphatic carbocycles. The molecule has 1 aliphatic rings. The van der Waals surface area contributed by atoms with Gasteiger partial charge in [-0.1, -0.05) is 30.3 Å². The third kappa shape index (κ3) is 1.06. The smallest absolute Gasteiger partial charge is 0.101 e. The Morgan fingerprint density at radius 2 is 1.88 bits per heavy atom. The third-order valence-electron chi connectivity index (χ3n) is 3.15. The molecule has 0 amide bonds. The van der Waals surface area contributed by atoms with Gasteiger partial charge in [0.05, 0.1) is 11.3 Å². The van der Waals surface area contributed by atoms with Crippen LogP contribution >= 0.6 is 0 Å². The van der Waals surface area contributed by atoms with Crippen molar-refractivity contribution in [3.05, 3.63) is 53.1 Å². The van der Waals surface area contributed by atoms with Crippen molar-refractivity contribution in [1.29, 1.82) is 5.26 Å². The van der Waals surface area contributed by atoms with E-state index in [9.17, 15) is 0 Å². The molecule has 76 valence electrons. The van der Waals surface area contributed by atoms with Gasteiger partial charge in [-0.2, -0.15) is 5.26 Å². The predicted molar refractivity (Wildman–Crippen MR) is 63.8 cm³/mol. The molecule has 0 aliphatic heterocycles. The molecule has 2 nitrogen and oxygen atoms in total. The molecular weight excluding hydrogens is 196 g/mol. The first kappa shape index (κ1) is 8.99. The molecule has 2 heteroatoms. The minimum absolute atomic E-state index is 0.576. The first-order valence-electron chi connectivity index (χ1n) is 5.21. The Morgan fingerprint density at radius 3 is 2.69 bits per heavy atom. The number of nitriles is 1. The molecule has 0 radical (unpaired) electrons. The maximum Gasteiger partial charge on any atom is 0.101 e. The van der Waals surface area contributed by atoms with E-state index in [0.29, 0.717) is 11.3 Å². The Balaban J connectivity index is 2.29. The minimum Gasteiger partial charge on any atom is -0.397 e. The number of hydrogen-bond donors (Lipinski definition) is 1. The number of fused-ring (bicyclic) bond motifs is 3. The molecule has 2 aromatic carbocycles. The average Bonchev–Trinajstić information content (AvgIpc) is 2.69. The SMILES string of the molecule is N#Cc1ccc2c(c1N)Cc1ccccc1-2. The predicted octanol–water partition coefficient (Wildman–Crippen LogP) is 2.71. The van der Waals surface area contributed by atoms with E-state index in [1.807, 2.05) is 18.2 Å². The molecule has 0 bridgehead atoms. The van der Waals surface area contributed by atoms with E-state index >= 15 is 0 Å². The van der Waals surface area contributed by atoms with E-state index in [1.54, 1.807) is 6.07 Å². The molecule has 0 atom stereocenters. The van der Waals surface area contributed by atoms with Crippen molar-refractivity contribution in [2.24, 2.45) is 0 Å². The van der Waals surface area contributed by atoms with Crippen molar-refractivity contribution in [3.63, 3.8) is 0 Å². The third-order valence-corrected chi connectivity index (χ3v) is 3.15. The van der Waals surface area contributed by atoms with Crippen molar-refractivity contribution in [2.75, 3.05) is 5.73 Å². The molecule has 2 aromatic rings. The Bertz CT molecular complexity index is 621. The van der Waals surface area contributed by atoms with Crippen LogP contribution in [0, 0.1) is 11.3 Å². The number of nitrogen functional groups attached to an aromatic ring is 1. The van der Waals surface area contributed by atoms with E-state index < -0.39 is 0 Å². The second kappa shape index (κ2) is 3.11. The number of benzene rings is 2. The fourth-order valence-electron chi connectivity index (χ4n) is 2.33. The zero-order valence-electron chi connectivity index (χ0n) is 8.70. The summed E-state index contributed by atoms with van der Waals surface area (Å²) < 4.78 is 0. The Labute approximate surface area is 93.9 Å². The van der Waals surface area contributed by atoms with Crippen LogP contribution in [0.2, 0.25) is 0 Å². The van der Waals surface area contributed by atoms with Crippen LogP contribution in [-0.2, 0) is 6.42 Å². The van der Waals surface area contributed by atoms with Crippen LogP contribution < -0.4 is 5.73 Å². The second-order valence-corrected chi connectivity index (χ2v) is 4.00. The summed E-state index contributed by atoms with van der Waals surface area (Å²) in [4.78, 5) is 0. The van der Waals surface area contributed by atoms with Crippen LogP contribution in [0.15, 0.2) is 36.4 Å². The number of hydrogen-bond acceptors (Lipinski definition) is 2. The quantitative estimate of drug-likeness (QED) is 0.575. The van der Waals surface area contributed by atoms with E-state index in [2.05, 4.69) is 18.2 Å². The lowest BCUT2D eigenvalue weighted by atomic mass is 10.0. The molecule has 0 aromatic heterocycles. The van der Waals surface area contributed by atoms with Crippen LogP contribution in [0.25, 0.3) is 11.1 Å². The summed E-state index contributed by atoms with van der Waals surface area (Å²) in [6, 6.07) is 14.2. The fourth-order valence-corrected chi connectivity index (χ4v) is 2.33. The highest BCUT2D eigenvalue weighted by molar-refractivity contribution is 5.83. The maximum absolute atomic E-state index is 8.94. The highest BCUT2D eigenvalue weighted by Gasteiger charge is 2.21. The lowest BCUT2D eigenvalue weighted by Crippen LogP contribution is -1.96. The molecule has 0 fully saturated rings. The highest BCUT2D eigenvalue weighted by atomic mass is 14.6. The molecule has 2 N–H and O–H groups in total. The minimum atomic E-state index is 0.576. The molecule has 0 saturated carbocycles. The van der Waals surface area contributed by atoms with Crippen molar-refractivity contribution in [3.8, 4) is 17.2 Å². The summed E-state index contributed by atoms with van der Waals surface area (Å²) in [7, 11) is 0. The van der Waals surface area contributed by atoms with Crippen LogP contribution in [-0.4, -0.2) is 0 Å². The summed E-state index contributed by atoms with van der Waals surface area (Å²) in [6.45, 7) is 0. The lowest BCUT2D eigenvalue weighted by molar-refractivity contribution is 1.26. The molecular formula is C14H10N2. The van der Waals surface area contributed by atoms with Gasteiger partial charge in [-0.05, 0) is 28.3 Å². The molecule has 0 unspecified atom stereocenters. The summed E-state index contributed by atoms with van der Waals surface area (Å²) >= 11 is 0. The summed E-state index contributed by atoms with van der Waals surface area (Å²) in [5.74, 6) is 0. The standard InChI is InChI=1S/C14H10N2/c15-8-10-5-6-12-11-4-2-1-3-9(11)7-13(12)14(10)16/h1-6H,7,16H2. The fraction of sp³-hybridized carbons (Fsp3) is 0.0714. The van der Waals surface area contributed by atoms with Crippen molar-refractivity contribution >= 4 is 5.69 Å². The summed E-state index contributed by atoms with van der Waals surface area (Å²) in [5, 5.41) is 8.94. The van der Waals surface area contributed by atoms with Crippen LogP contribution in [0.4, 0.5) is 5.69 Å². The Kier molecular flexibility index (Phi) is 1.75. The van der Waals surface area contributed by atoms with Gasteiger partial charge in [0.15, 0.2) is 0 Å². The molecule has 3 rings (SSSR count). The molecule has 0 saturated heterocycles. The molecule has 16 heavy (non-hydrogen) atoms. The first-order valence-corrected chi connectivity index (χ1v) is 5.21. The molecule has 0 heterocycles. The molecule has 0 spiro atoms. The van der Waals surface area contributed by atoms with Crippen molar-refractivity contribution < 1.29 is 0 Å². The summed E-state index contributed by atoms with van der Waals surface area (Å²) in [6.07, 6.45) is 0.840. The zero-order chi connectivity index (χ0) is 11.1. The number of nitrogens with two attached hydrogens (primary N) is 1. The van der Waals surface area contributed by atoms with Crippen LogP contribution in [0.3, 0.4) is 0 Å². The van der Waals surface area contributed by atoms with Gasteiger partial charge in [0.25, 0.3) is 0 Å². The maximum atomic E-state index is 8.94. The van der Waals surface area contributed by atoms with Gasteiger partial charge < -0.3 is 5.73 Å². The van der Waals surface area contributed by atoms with E-state index in [4.69, 9.17) is 11.0 Å². The van der Waals surface area contributed by atoms with Gasteiger partial charge in [-0.25, -0.2) is 0 Å². The monoisotopic (exact) mass is 206 g/mol. The Hall–Kier alpha value is -2.27. The van der Waals surface area contributed by atoms with Gasteiger partial charge in [0.1, 0.15) is 6.07 Å². The second-order valence-electron chi connectivity index (χ2n) is 4.00. The Morgan fingerprint density at radius 1 is 1.06 bits per heavy atom. The van der Waals surface area contributed by atoms with Crippen molar-refractivity contribution in [2.45, 2.75) is 6.42 Å². The number of anilines is 1.